The van der Waals surface area contributed by atoms with E-state index in [1.54, 1.807) is 32.4 Å². The molecular formula is C20H28N2O5. The van der Waals surface area contributed by atoms with E-state index in [0.29, 0.717) is 43.5 Å². The summed E-state index contributed by atoms with van der Waals surface area (Å²) in [4.78, 5) is 27.2. The zero-order chi connectivity index (χ0) is 19.2. The normalized spacial score (nSPS) is 22.8. The Hall–Kier alpha value is -2.28. The molecule has 0 bridgehead atoms. The number of carbonyl (C=O) groups is 2. The van der Waals surface area contributed by atoms with E-state index in [4.69, 9.17) is 14.2 Å². The van der Waals surface area contributed by atoms with Crippen LogP contribution in [0.2, 0.25) is 0 Å². The Kier molecular flexibility index (Phi) is 6.55. The summed E-state index contributed by atoms with van der Waals surface area (Å²) in [6.45, 7) is 2.59. The van der Waals surface area contributed by atoms with Gasteiger partial charge >= 0.3 is 0 Å². The third-order valence-corrected chi connectivity index (χ3v) is 5.44. The molecule has 0 atom stereocenters. The van der Waals surface area contributed by atoms with E-state index in [2.05, 4.69) is 5.32 Å². The molecule has 3 rings (SSSR count). The number of hydrogen-bond donors (Lipinski definition) is 1. The molecule has 7 heteroatoms. The molecule has 7 nitrogen and oxygen atoms in total. The molecule has 2 aliphatic rings. The zero-order valence-corrected chi connectivity index (χ0v) is 16.0. The zero-order valence-electron chi connectivity index (χ0n) is 16.0. The summed E-state index contributed by atoms with van der Waals surface area (Å²) >= 11 is 0. The fourth-order valence-corrected chi connectivity index (χ4v) is 3.78. The second kappa shape index (κ2) is 9.08. The smallest absolute Gasteiger partial charge is 0.227 e. The van der Waals surface area contributed by atoms with Crippen LogP contribution >= 0.6 is 0 Å². The molecule has 1 saturated heterocycles. The summed E-state index contributed by atoms with van der Waals surface area (Å²) in [6.07, 6.45) is 2.97. The molecule has 1 saturated carbocycles. The molecular weight excluding hydrogens is 348 g/mol. The molecule has 27 heavy (non-hydrogen) atoms. The van der Waals surface area contributed by atoms with Crippen molar-refractivity contribution < 1.29 is 23.8 Å². The van der Waals surface area contributed by atoms with Crippen LogP contribution in [0.3, 0.4) is 0 Å². The van der Waals surface area contributed by atoms with E-state index in [-0.39, 0.29) is 23.7 Å². The summed E-state index contributed by atoms with van der Waals surface area (Å²) in [5, 5.41) is 2.96. The quantitative estimate of drug-likeness (QED) is 0.853. The van der Waals surface area contributed by atoms with Gasteiger partial charge < -0.3 is 24.4 Å². The van der Waals surface area contributed by atoms with Crippen molar-refractivity contribution in [2.45, 2.75) is 25.7 Å². The van der Waals surface area contributed by atoms with Crippen LogP contribution in [-0.4, -0.2) is 57.2 Å². The van der Waals surface area contributed by atoms with E-state index < -0.39 is 0 Å². The first-order chi connectivity index (χ1) is 13.1. The Bertz CT molecular complexity index is 664. The molecule has 2 fully saturated rings. The predicted molar refractivity (Wildman–Crippen MR) is 101 cm³/mol. The van der Waals surface area contributed by atoms with E-state index >= 15 is 0 Å². The maximum atomic E-state index is 12.7. The van der Waals surface area contributed by atoms with Crippen LogP contribution in [0.5, 0.6) is 11.5 Å². The summed E-state index contributed by atoms with van der Waals surface area (Å²) in [6, 6.07) is 5.31. The number of hydrogen-bond acceptors (Lipinski definition) is 5. The first kappa shape index (κ1) is 19.5. The molecule has 1 heterocycles. The number of ether oxygens (including phenoxy) is 3. The fraction of sp³-hybridized carbons (Fsp3) is 0.600. The maximum absolute atomic E-state index is 12.7. The molecule has 1 aliphatic carbocycles. The van der Waals surface area contributed by atoms with Crippen molar-refractivity contribution in [2.75, 3.05) is 45.8 Å². The first-order valence-electron chi connectivity index (χ1n) is 9.51. The van der Waals surface area contributed by atoms with Gasteiger partial charge in [0.2, 0.25) is 11.8 Å². The number of carbonyl (C=O) groups excluding carboxylic acids is 2. The molecule has 0 radical (unpaired) electrons. The average Bonchev–Trinajstić information content (AvgIpc) is 2.74. The van der Waals surface area contributed by atoms with Crippen molar-refractivity contribution in [3.63, 3.8) is 0 Å². The summed E-state index contributed by atoms with van der Waals surface area (Å²) in [5.41, 5.74) is 0.634. The van der Waals surface area contributed by atoms with Crippen molar-refractivity contribution in [2.24, 2.45) is 11.8 Å². The minimum Gasteiger partial charge on any atom is -0.497 e. The predicted octanol–water partition coefficient (Wildman–Crippen LogP) is 2.31. The van der Waals surface area contributed by atoms with Gasteiger partial charge in [-0.05, 0) is 37.8 Å². The van der Waals surface area contributed by atoms with E-state index in [9.17, 15) is 9.59 Å². The number of amides is 2. The number of methoxy groups -OCH3 is 2. The Morgan fingerprint density at radius 1 is 1.04 bits per heavy atom. The van der Waals surface area contributed by atoms with E-state index in [1.807, 2.05) is 4.90 Å². The molecule has 1 aromatic carbocycles. The second-order valence-corrected chi connectivity index (χ2v) is 7.04. The topological polar surface area (TPSA) is 77.1 Å². The SMILES string of the molecule is COc1ccc(NC(=O)C2CCC(C(=O)N3CCOCC3)CC2)c(OC)c1. The maximum Gasteiger partial charge on any atom is 0.227 e. The van der Waals surface area contributed by atoms with Crippen LogP contribution in [0.25, 0.3) is 0 Å². The number of nitrogens with zero attached hydrogens (tertiary/aromatic N) is 1. The van der Waals surface area contributed by atoms with Gasteiger partial charge in [-0.15, -0.1) is 0 Å². The molecule has 2 amide bonds. The Morgan fingerprint density at radius 2 is 1.70 bits per heavy atom. The Morgan fingerprint density at radius 3 is 2.33 bits per heavy atom. The lowest BCUT2D eigenvalue weighted by Crippen LogP contribution is -2.44. The largest absolute Gasteiger partial charge is 0.497 e. The minimum atomic E-state index is -0.0782. The lowest BCUT2D eigenvalue weighted by atomic mass is 9.81. The van der Waals surface area contributed by atoms with Crippen molar-refractivity contribution in [1.29, 1.82) is 0 Å². The highest BCUT2D eigenvalue weighted by Crippen LogP contribution is 2.33. The number of benzene rings is 1. The highest BCUT2D eigenvalue weighted by atomic mass is 16.5. The van der Waals surface area contributed by atoms with Gasteiger partial charge in [-0.25, -0.2) is 0 Å². The number of nitrogens with one attached hydrogen (secondary N) is 1. The summed E-state index contributed by atoms with van der Waals surface area (Å²) in [7, 11) is 3.15. The molecule has 0 aromatic heterocycles. The van der Waals surface area contributed by atoms with Crippen molar-refractivity contribution in [1.82, 2.24) is 4.90 Å². The molecule has 0 spiro atoms. The van der Waals surface area contributed by atoms with Crippen LogP contribution in [0.15, 0.2) is 18.2 Å². The van der Waals surface area contributed by atoms with Crippen LogP contribution in [0.1, 0.15) is 25.7 Å². The minimum absolute atomic E-state index is 0.0178. The lowest BCUT2D eigenvalue weighted by molar-refractivity contribution is -0.141. The second-order valence-electron chi connectivity index (χ2n) is 7.04. The number of rotatable bonds is 5. The van der Waals surface area contributed by atoms with Gasteiger partial charge in [0.1, 0.15) is 11.5 Å². The fourth-order valence-electron chi connectivity index (χ4n) is 3.78. The van der Waals surface area contributed by atoms with Gasteiger partial charge in [-0.1, -0.05) is 0 Å². The highest BCUT2D eigenvalue weighted by molar-refractivity contribution is 5.94. The molecule has 1 aromatic rings. The molecule has 1 aliphatic heterocycles. The highest BCUT2D eigenvalue weighted by Gasteiger charge is 2.32. The Labute approximate surface area is 160 Å². The monoisotopic (exact) mass is 376 g/mol. The van der Waals surface area contributed by atoms with Crippen LogP contribution in [-0.2, 0) is 14.3 Å². The van der Waals surface area contributed by atoms with Crippen molar-refractivity contribution in [3.05, 3.63) is 18.2 Å². The van der Waals surface area contributed by atoms with Gasteiger partial charge in [-0.2, -0.15) is 0 Å². The molecule has 1 N–H and O–H groups in total. The van der Waals surface area contributed by atoms with E-state index in [1.165, 1.54) is 0 Å². The standard InChI is InChI=1S/C20H28N2O5/c1-25-16-7-8-17(18(13-16)26-2)21-19(23)14-3-5-15(6-4-14)20(24)22-9-11-27-12-10-22/h7-8,13-15H,3-6,9-12H2,1-2H3,(H,21,23). The number of morpholine rings is 1. The van der Waals surface area contributed by atoms with Gasteiger partial charge in [0.05, 0.1) is 33.1 Å². The van der Waals surface area contributed by atoms with E-state index in [0.717, 1.165) is 25.7 Å². The average molecular weight is 376 g/mol. The third-order valence-electron chi connectivity index (χ3n) is 5.44. The summed E-state index contributed by atoms with van der Waals surface area (Å²) < 4.78 is 15.8. The van der Waals surface area contributed by atoms with Crippen molar-refractivity contribution >= 4 is 17.5 Å². The Balaban J connectivity index is 1.53. The number of anilines is 1. The van der Waals surface area contributed by atoms with Gasteiger partial charge in [0.15, 0.2) is 0 Å². The summed E-state index contributed by atoms with van der Waals surface area (Å²) in [5.74, 6) is 1.39. The molecule has 0 unspecified atom stereocenters. The van der Waals surface area contributed by atoms with Crippen molar-refractivity contribution in [3.8, 4) is 11.5 Å². The molecule has 148 valence electrons. The van der Waals surface area contributed by atoms with Crippen LogP contribution in [0.4, 0.5) is 5.69 Å². The third kappa shape index (κ3) is 4.71. The van der Waals surface area contributed by atoms with Gasteiger partial charge in [-0.3, -0.25) is 9.59 Å². The first-order valence-corrected chi connectivity index (χ1v) is 9.51. The lowest BCUT2D eigenvalue weighted by Gasteiger charge is -2.33. The van der Waals surface area contributed by atoms with Crippen LogP contribution < -0.4 is 14.8 Å². The van der Waals surface area contributed by atoms with Gasteiger partial charge in [0.25, 0.3) is 0 Å². The van der Waals surface area contributed by atoms with Crippen LogP contribution in [0, 0.1) is 11.8 Å². The van der Waals surface area contributed by atoms with Gasteiger partial charge in [0, 0.05) is 31.0 Å².